The van der Waals surface area contributed by atoms with Gasteiger partial charge in [-0.15, -0.1) is 0 Å². The minimum atomic E-state index is -0.963. The number of nitrogens with zero attached hydrogens (tertiary/aromatic N) is 4. The number of para-hydroxylation sites is 1. The van der Waals surface area contributed by atoms with Crippen LogP contribution >= 0.6 is 0 Å². The van der Waals surface area contributed by atoms with Crippen molar-refractivity contribution in [3.8, 4) is 5.75 Å². The molecule has 1 aromatic carbocycles. The number of methoxy groups -OCH3 is 1. The van der Waals surface area contributed by atoms with Crippen LogP contribution in [0, 0.1) is 11.8 Å². The van der Waals surface area contributed by atoms with Gasteiger partial charge in [0.25, 0.3) is 0 Å². The van der Waals surface area contributed by atoms with Crippen molar-refractivity contribution in [3.05, 3.63) is 47.3 Å². The molecule has 5 rings (SSSR count). The molecule has 0 radical (unpaired) electrons. The highest BCUT2D eigenvalue weighted by atomic mass is 16.5. The van der Waals surface area contributed by atoms with Gasteiger partial charge >= 0.3 is 5.97 Å². The number of benzene rings is 1. The monoisotopic (exact) mass is 520 g/mol. The molecule has 38 heavy (non-hydrogen) atoms. The molecule has 0 bridgehead atoms. The lowest BCUT2D eigenvalue weighted by atomic mass is 9.85. The van der Waals surface area contributed by atoms with E-state index in [4.69, 9.17) is 9.72 Å². The number of carboxylic acids is 1. The van der Waals surface area contributed by atoms with Crippen LogP contribution in [-0.2, 0) is 17.6 Å². The van der Waals surface area contributed by atoms with E-state index < -0.39 is 5.97 Å². The average molecular weight is 521 g/mol. The fourth-order valence-corrected chi connectivity index (χ4v) is 6.68. The smallest absolute Gasteiger partial charge is 0.339 e. The molecule has 3 aliphatic rings. The fourth-order valence-electron chi connectivity index (χ4n) is 6.68. The normalized spacial score (nSPS) is 22.1. The summed E-state index contributed by atoms with van der Waals surface area (Å²) in [5.41, 5.74) is 1.77. The summed E-state index contributed by atoms with van der Waals surface area (Å²) >= 11 is 0. The van der Waals surface area contributed by atoms with Crippen LogP contribution in [0.4, 0.5) is 5.95 Å². The minimum absolute atomic E-state index is 0.105. The van der Waals surface area contributed by atoms with Crippen molar-refractivity contribution in [3.63, 3.8) is 0 Å². The van der Waals surface area contributed by atoms with Crippen molar-refractivity contribution >= 4 is 17.8 Å². The van der Waals surface area contributed by atoms with Crippen LogP contribution in [0.1, 0.15) is 79.4 Å². The Morgan fingerprint density at radius 1 is 1.05 bits per heavy atom. The lowest BCUT2D eigenvalue weighted by molar-refractivity contribution is -0.132. The molecule has 3 fully saturated rings. The molecule has 2 unspecified atom stereocenters. The third-order valence-corrected chi connectivity index (χ3v) is 8.77. The number of aryl methyl sites for hydroxylation is 1. The lowest BCUT2D eigenvalue weighted by Crippen LogP contribution is -2.45. The number of likely N-dealkylation sites (tertiary alicyclic amines) is 1. The zero-order chi connectivity index (χ0) is 26.5. The summed E-state index contributed by atoms with van der Waals surface area (Å²) in [5.74, 6) is 1.52. The zero-order valence-corrected chi connectivity index (χ0v) is 22.5. The number of hydrogen-bond acceptors (Lipinski definition) is 6. The van der Waals surface area contributed by atoms with Crippen molar-refractivity contribution < 1.29 is 19.4 Å². The number of aromatic nitrogens is 2. The predicted molar refractivity (Wildman–Crippen MR) is 146 cm³/mol. The first kappa shape index (κ1) is 26.4. The number of ether oxygens (including phenoxy) is 1. The maximum atomic E-state index is 13.5. The lowest BCUT2D eigenvalue weighted by Gasteiger charge is -2.30. The number of carboxylic acid groups (broad SMARTS) is 1. The first-order valence-corrected chi connectivity index (χ1v) is 14.3. The van der Waals surface area contributed by atoms with E-state index in [2.05, 4.69) is 14.8 Å². The Labute approximate surface area is 225 Å². The van der Waals surface area contributed by atoms with Crippen LogP contribution in [0.15, 0.2) is 30.5 Å². The van der Waals surface area contributed by atoms with E-state index in [1.54, 1.807) is 7.11 Å². The van der Waals surface area contributed by atoms with Gasteiger partial charge in [-0.25, -0.2) is 14.8 Å². The van der Waals surface area contributed by atoms with Crippen molar-refractivity contribution in [1.29, 1.82) is 0 Å². The third kappa shape index (κ3) is 5.94. The van der Waals surface area contributed by atoms with E-state index in [-0.39, 0.29) is 17.5 Å². The summed E-state index contributed by atoms with van der Waals surface area (Å²) in [6.45, 7) is 2.23. The number of hydrogen-bond donors (Lipinski definition) is 1. The quantitative estimate of drug-likeness (QED) is 0.536. The maximum absolute atomic E-state index is 13.5. The van der Waals surface area contributed by atoms with Crippen LogP contribution in [0.5, 0.6) is 5.75 Å². The highest BCUT2D eigenvalue weighted by molar-refractivity contribution is 5.88. The second-order valence-corrected chi connectivity index (χ2v) is 11.2. The van der Waals surface area contributed by atoms with Gasteiger partial charge in [0.2, 0.25) is 11.9 Å². The molecule has 1 N–H and O–H groups in total. The number of aromatic carboxylic acids is 1. The second kappa shape index (κ2) is 12.1. The van der Waals surface area contributed by atoms with Gasteiger partial charge in [0, 0.05) is 31.4 Å². The first-order valence-electron chi connectivity index (χ1n) is 14.3. The molecule has 1 amide bonds. The molecule has 1 saturated carbocycles. The molecular formula is C30H40N4O4. The van der Waals surface area contributed by atoms with E-state index in [9.17, 15) is 14.7 Å². The zero-order valence-electron chi connectivity index (χ0n) is 22.5. The highest BCUT2D eigenvalue weighted by Crippen LogP contribution is 2.33. The summed E-state index contributed by atoms with van der Waals surface area (Å²) in [5, 5.41) is 9.77. The first-order chi connectivity index (χ1) is 18.5. The molecular weight excluding hydrogens is 480 g/mol. The fraction of sp³-hybridized carbons (Fsp3) is 0.600. The van der Waals surface area contributed by atoms with E-state index in [0.29, 0.717) is 42.9 Å². The van der Waals surface area contributed by atoms with E-state index >= 15 is 0 Å². The Hall–Kier alpha value is -3.16. The molecule has 2 aromatic rings. The molecule has 8 nitrogen and oxygen atoms in total. The summed E-state index contributed by atoms with van der Waals surface area (Å²) < 4.78 is 5.48. The molecule has 204 valence electrons. The Morgan fingerprint density at radius 2 is 1.84 bits per heavy atom. The van der Waals surface area contributed by atoms with Crippen molar-refractivity contribution in [2.75, 3.05) is 31.6 Å². The third-order valence-electron chi connectivity index (χ3n) is 8.77. The molecule has 3 heterocycles. The van der Waals surface area contributed by atoms with Gasteiger partial charge in [0.15, 0.2) is 0 Å². The largest absolute Gasteiger partial charge is 0.496 e. The molecule has 1 aromatic heterocycles. The Bertz CT molecular complexity index is 1130. The Balaban J connectivity index is 1.31. The molecule has 2 saturated heterocycles. The van der Waals surface area contributed by atoms with Crippen LogP contribution in [0.2, 0.25) is 0 Å². The number of fused-ring (bicyclic) bond motifs is 1. The van der Waals surface area contributed by atoms with Crippen molar-refractivity contribution in [2.24, 2.45) is 11.8 Å². The summed E-state index contributed by atoms with van der Waals surface area (Å²) in [7, 11) is 1.64. The van der Waals surface area contributed by atoms with Gasteiger partial charge in [0.05, 0.1) is 30.8 Å². The van der Waals surface area contributed by atoms with E-state index in [0.717, 1.165) is 50.1 Å². The summed E-state index contributed by atoms with van der Waals surface area (Å²) in [6.07, 6.45) is 13.0. The van der Waals surface area contributed by atoms with Gasteiger partial charge in [-0.2, -0.15) is 0 Å². The van der Waals surface area contributed by atoms with Crippen molar-refractivity contribution in [1.82, 2.24) is 14.9 Å². The average Bonchev–Trinajstić information content (AvgIpc) is 3.26. The van der Waals surface area contributed by atoms with E-state index in [1.165, 1.54) is 38.3 Å². The second-order valence-electron chi connectivity index (χ2n) is 11.2. The number of carbonyl (C=O) groups excluding carboxylic acids is 1. The topological polar surface area (TPSA) is 95.9 Å². The number of anilines is 1. The number of amides is 1. The van der Waals surface area contributed by atoms with E-state index in [1.807, 2.05) is 24.3 Å². The van der Waals surface area contributed by atoms with Crippen LogP contribution < -0.4 is 9.64 Å². The Morgan fingerprint density at radius 3 is 2.63 bits per heavy atom. The van der Waals surface area contributed by atoms with Gasteiger partial charge < -0.3 is 19.6 Å². The van der Waals surface area contributed by atoms with Gasteiger partial charge in [0.1, 0.15) is 5.75 Å². The number of carbonyl (C=O) groups is 2. The van der Waals surface area contributed by atoms with Crippen LogP contribution in [-0.4, -0.2) is 64.6 Å². The standard InChI is InChI=1S/C30H40N4O4/c1-38-27-13-6-5-11-22(27)17-28(35)34-16-8-7-12-23-19-33(20-26(23)34)30-31-18-24(29(36)37)25(32-30)15-14-21-9-3-2-4-10-21/h5-6,11,13,18,21,23,26H,2-4,7-10,12,14-17,19-20H2,1H3,(H,36,37). The van der Waals surface area contributed by atoms with Gasteiger partial charge in [-0.3, -0.25) is 4.79 Å². The molecule has 2 aliphatic heterocycles. The highest BCUT2D eigenvalue weighted by Gasteiger charge is 2.40. The predicted octanol–water partition coefficient (Wildman–Crippen LogP) is 4.76. The summed E-state index contributed by atoms with van der Waals surface area (Å²) in [6, 6.07) is 7.82. The summed E-state index contributed by atoms with van der Waals surface area (Å²) in [4.78, 5) is 39.0. The molecule has 2 atom stereocenters. The number of rotatable bonds is 8. The molecule has 8 heteroatoms. The van der Waals surface area contributed by atoms with Gasteiger partial charge in [-0.1, -0.05) is 56.7 Å². The molecule has 1 aliphatic carbocycles. The maximum Gasteiger partial charge on any atom is 0.339 e. The Kier molecular flexibility index (Phi) is 8.45. The van der Waals surface area contributed by atoms with Crippen molar-refractivity contribution in [2.45, 2.75) is 76.7 Å². The van der Waals surface area contributed by atoms with Crippen LogP contribution in [0.25, 0.3) is 0 Å². The van der Waals surface area contributed by atoms with Gasteiger partial charge in [-0.05, 0) is 43.6 Å². The SMILES string of the molecule is COc1ccccc1CC(=O)N1CCCCC2CN(c3ncc(C(=O)O)c(CCC4CCCCC4)n3)CC21. The van der Waals surface area contributed by atoms with Crippen LogP contribution in [0.3, 0.4) is 0 Å². The molecule has 0 spiro atoms. The minimum Gasteiger partial charge on any atom is -0.496 e.